The van der Waals surface area contributed by atoms with Gasteiger partial charge in [-0.1, -0.05) is 30.3 Å². The molecule has 1 aromatic carbocycles. The van der Waals surface area contributed by atoms with Gasteiger partial charge in [-0.2, -0.15) is 11.8 Å². The molecule has 2 saturated heterocycles. The molecule has 2 bridgehead atoms. The topological polar surface area (TPSA) is 9.23 Å². The molecule has 0 spiro atoms. The SMILES string of the molecule is C/C(=C/OCCC1CC2CCC1S2)c1ccccc1. The van der Waals surface area contributed by atoms with Crippen LogP contribution in [-0.4, -0.2) is 17.1 Å². The minimum atomic E-state index is 0.874. The van der Waals surface area contributed by atoms with Crippen LogP contribution in [0.1, 0.15) is 38.2 Å². The predicted molar refractivity (Wildman–Crippen MR) is 83.2 cm³/mol. The number of benzene rings is 1. The maximum Gasteiger partial charge on any atom is 0.0876 e. The van der Waals surface area contributed by atoms with Gasteiger partial charge in [-0.05, 0) is 49.7 Å². The lowest BCUT2D eigenvalue weighted by atomic mass is 9.87. The Hall–Kier alpha value is -0.890. The zero-order chi connectivity index (χ0) is 13.1. The Balaban J connectivity index is 1.43. The van der Waals surface area contributed by atoms with Crippen molar-refractivity contribution in [1.82, 2.24) is 0 Å². The van der Waals surface area contributed by atoms with Crippen LogP contribution in [0.5, 0.6) is 0 Å². The first kappa shape index (κ1) is 13.1. The molecule has 2 aliphatic heterocycles. The Labute approximate surface area is 120 Å². The second-order valence-corrected chi connectivity index (χ2v) is 7.24. The zero-order valence-corrected chi connectivity index (χ0v) is 12.4. The molecule has 2 heterocycles. The summed E-state index contributed by atoms with van der Waals surface area (Å²) < 4.78 is 5.75. The van der Waals surface area contributed by atoms with Crippen LogP contribution >= 0.6 is 11.8 Å². The lowest BCUT2D eigenvalue weighted by molar-refractivity contribution is 0.213. The average Bonchev–Trinajstić information content (AvgIpc) is 3.07. The highest BCUT2D eigenvalue weighted by Crippen LogP contribution is 2.50. The first-order valence-electron chi connectivity index (χ1n) is 7.32. The van der Waals surface area contributed by atoms with Crippen molar-refractivity contribution in [3.05, 3.63) is 42.2 Å². The van der Waals surface area contributed by atoms with E-state index in [0.717, 1.165) is 23.0 Å². The number of fused-ring (bicyclic) bond motifs is 2. The van der Waals surface area contributed by atoms with Gasteiger partial charge in [-0.15, -0.1) is 0 Å². The van der Waals surface area contributed by atoms with Crippen molar-refractivity contribution in [1.29, 1.82) is 0 Å². The van der Waals surface area contributed by atoms with Crippen molar-refractivity contribution in [2.45, 2.75) is 43.1 Å². The van der Waals surface area contributed by atoms with E-state index >= 15 is 0 Å². The third kappa shape index (κ3) is 3.17. The summed E-state index contributed by atoms with van der Waals surface area (Å²) in [7, 11) is 0. The first-order chi connectivity index (χ1) is 9.33. The quantitative estimate of drug-likeness (QED) is 0.566. The number of thioether (sulfide) groups is 1. The molecule has 1 nitrogen and oxygen atoms in total. The minimum Gasteiger partial charge on any atom is -0.501 e. The third-order valence-electron chi connectivity index (χ3n) is 4.33. The van der Waals surface area contributed by atoms with Crippen LogP contribution in [0.3, 0.4) is 0 Å². The smallest absolute Gasteiger partial charge is 0.0876 e. The molecule has 19 heavy (non-hydrogen) atoms. The standard InChI is InChI=1S/C17H22OS/c1-13(14-5-3-2-4-6-14)12-18-10-9-15-11-16-7-8-17(15)19-16/h2-6,12,15-17H,7-11H2,1H3/b13-12-. The van der Waals surface area contributed by atoms with Crippen molar-refractivity contribution in [2.24, 2.45) is 5.92 Å². The lowest BCUT2D eigenvalue weighted by Gasteiger charge is -2.19. The molecule has 102 valence electrons. The van der Waals surface area contributed by atoms with Crippen LogP contribution in [0.4, 0.5) is 0 Å². The number of hydrogen-bond donors (Lipinski definition) is 0. The van der Waals surface area contributed by atoms with E-state index in [9.17, 15) is 0 Å². The summed E-state index contributed by atoms with van der Waals surface area (Å²) in [6.07, 6.45) is 7.49. The molecule has 2 fully saturated rings. The highest BCUT2D eigenvalue weighted by molar-refractivity contribution is 8.01. The molecular formula is C17H22OS. The minimum absolute atomic E-state index is 0.874. The fourth-order valence-corrected chi connectivity index (χ4v) is 5.09. The molecule has 0 aliphatic carbocycles. The third-order valence-corrected chi connectivity index (χ3v) is 6.11. The van der Waals surface area contributed by atoms with Crippen LogP contribution in [0.15, 0.2) is 36.6 Å². The van der Waals surface area contributed by atoms with Crippen molar-refractivity contribution < 1.29 is 4.74 Å². The predicted octanol–water partition coefficient (Wildman–Crippen LogP) is 4.74. The fourth-order valence-electron chi connectivity index (χ4n) is 3.22. The lowest BCUT2D eigenvalue weighted by Crippen LogP contribution is -2.16. The van der Waals surface area contributed by atoms with Crippen LogP contribution < -0.4 is 0 Å². The molecule has 3 unspecified atom stereocenters. The van der Waals surface area contributed by atoms with Crippen molar-refractivity contribution in [3.8, 4) is 0 Å². The summed E-state index contributed by atoms with van der Waals surface area (Å²) in [6.45, 7) is 2.99. The van der Waals surface area contributed by atoms with Crippen LogP contribution in [0.25, 0.3) is 5.57 Å². The fraction of sp³-hybridized carbons (Fsp3) is 0.529. The number of hydrogen-bond acceptors (Lipinski definition) is 2. The maximum atomic E-state index is 5.75. The van der Waals surface area contributed by atoms with Gasteiger partial charge in [0, 0.05) is 10.5 Å². The van der Waals surface area contributed by atoms with Gasteiger partial charge in [0.05, 0.1) is 12.9 Å². The summed E-state index contributed by atoms with van der Waals surface area (Å²) in [4.78, 5) is 0. The van der Waals surface area contributed by atoms with Crippen molar-refractivity contribution >= 4 is 17.3 Å². The van der Waals surface area contributed by atoms with E-state index in [0.29, 0.717) is 0 Å². The Morgan fingerprint density at radius 1 is 1.32 bits per heavy atom. The van der Waals surface area contributed by atoms with Crippen LogP contribution in [0.2, 0.25) is 0 Å². The second-order valence-electron chi connectivity index (χ2n) is 5.70. The van der Waals surface area contributed by atoms with E-state index in [4.69, 9.17) is 4.74 Å². The van der Waals surface area contributed by atoms with Crippen molar-refractivity contribution in [2.75, 3.05) is 6.61 Å². The van der Waals surface area contributed by atoms with E-state index in [1.807, 2.05) is 12.3 Å². The molecule has 0 N–H and O–H groups in total. The largest absolute Gasteiger partial charge is 0.501 e. The van der Waals surface area contributed by atoms with Gasteiger partial charge < -0.3 is 4.74 Å². The molecule has 2 aliphatic rings. The summed E-state index contributed by atoms with van der Waals surface area (Å²) in [5.74, 6) is 0.911. The molecule has 2 heteroatoms. The molecule has 0 radical (unpaired) electrons. The molecule has 1 aromatic rings. The molecule has 0 amide bonds. The molecular weight excluding hydrogens is 252 g/mol. The van der Waals surface area contributed by atoms with Gasteiger partial charge in [-0.3, -0.25) is 0 Å². The summed E-state index contributed by atoms with van der Waals surface area (Å²) in [5.41, 5.74) is 2.46. The highest BCUT2D eigenvalue weighted by Gasteiger charge is 2.39. The van der Waals surface area contributed by atoms with Crippen LogP contribution in [0, 0.1) is 5.92 Å². The molecule has 3 atom stereocenters. The molecule has 3 rings (SSSR count). The maximum absolute atomic E-state index is 5.75. The highest BCUT2D eigenvalue weighted by atomic mass is 32.2. The van der Waals surface area contributed by atoms with Crippen molar-refractivity contribution in [3.63, 3.8) is 0 Å². The van der Waals surface area contributed by atoms with Gasteiger partial charge >= 0.3 is 0 Å². The Morgan fingerprint density at radius 3 is 2.84 bits per heavy atom. The Morgan fingerprint density at radius 2 is 2.16 bits per heavy atom. The summed E-state index contributed by atoms with van der Waals surface area (Å²) in [6, 6.07) is 10.4. The number of allylic oxidation sites excluding steroid dienone is 1. The number of ether oxygens (including phenoxy) is 1. The normalized spacial score (nSPS) is 29.7. The van der Waals surface area contributed by atoms with E-state index < -0.39 is 0 Å². The summed E-state index contributed by atoms with van der Waals surface area (Å²) in [5, 5.41) is 1.91. The first-order valence-corrected chi connectivity index (χ1v) is 8.26. The summed E-state index contributed by atoms with van der Waals surface area (Å²) >= 11 is 2.23. The van der Waals surface area contributed by atoms with Gasteiger partial charge in [0.1, 0.15) is 0 Å². The Bertz CT molecular complexity index is 440. The van der Waals surface area contributed by atoms with Gasteiger partial charge in [0.2, 0.25) is 0 Å². The van der Waals surface area contributed by atoms with E-state index in [1.54, 1.807) is 0 Å². The zero-order valence-electron chi connectivity index (χ0n) is 11.5. The van der Waals surface area contributed by atoms with E-state index in [-0.39, 0.29) is 0 Å². The van der Waals surface area contributed by atoms with Gasteiger partial charge in [0.25, 0.3) is 0 Å². The molecule has 0 aromatic heterocycles. The average molecular weight is 274 g/mol. The Kier molecular flexibility index (Phi) is 4.17. The van der Waals surface area contributed by atoms with Gasteiger partial charge in [0.15, 0.2) is 0 Å². The second kappa shape index (κ2) is 6.04. The van der Waals surface area contributed by atoms with E-state index in [1.165, 1.54) is 36.8 Å². The van der Waals surface area contributed by atoms with Crippen LogP contribution in [-0.2, 0) is 4.74 Å². The monoisotopic (exact) mass is 274 g/mol. The van der Waals surface area contributed by atoms with Gasteiger partial charge in [-0.25, -0.2) is 0 Å². The van der Waals surface area contributed by atoms with E-state index in [2.05, 4.69) is 43.0 Å². The number of rotatable bonds is 5. The molecule has 0 saturated carbocycles.